The summed E-state index contributed by atoms with van der Waals surface area (Å²) in [6.45, 7) is 2.91. The fourth-order valence-corrected chi connectivity index (χ4v) is 3.66. The maximum atomic E-state index is 11.9. The molecule has 32 heavy (non-hydrogen) atoms. The number of nitrogens with one attached hydrogen (secondary N) is 3. The van der Waals surface area contributed by atoms with Gasteiger partial charge < -0.3 is 20.9 Å². The van der Waals surface area contributed by atoms with Crippen molar-refractivity contribution in [2.75, 3.05) is 36.9 Å². The fraction of sp³-hybridized carbons (Fsp3) is 0.292. The number of aromatic nitrogens is 1. The molecule has 0 saturated carbocycles. The van der Waals surface area contributed by atoms with Gasteiger partial charge in [0, 0.05) is 50.7 Å². The molecule has 0 bridgehead atoms. The summed E-state index contributed by atoms with van der Waals surface area (Å²) in [6, 6.07) is 20.3. The van der Waals surface area contributed by atoms with Crippen LogP contribution >= 0.6 is 24.0 Å². The van der Waals surface area contributed by atoms with Crippen molar-refractivity contribution in [3.8, 4) is 0 Å². The Morgan fingerprint density at radius 2 is 1.84 bits per heavy atom. The van der Waals surface area contributed by atoms with Gasteiger partial charge in [0.2, 0.25) is 5.91 Å². The van der Waals surface area contributed by atoms with E-state index < -0.39 is 0 Å². The number of guanidine groups is 1. The lowest BCUT2D eigenvalue weighted by molar-refractivity contribution is -0.117. The first-order valence-corrected chi connectivity index (χ1v) is 10.7. The third-order valence-corrected chi connectivity index (χ3v) is 5.33. The summed E-state index contributed by atoms with van der Waals surface area (Å²) in [7, 11) is 1.76. The van der Waals surface area contributed by atoms with Crippen LogP contribution in [0.3, 0.4) is 0 Å². The van der Waals surface area contributed by atoms with Crippen molar-refractivity contribution in [3.63, 3.8) is 0 Å². The second-order valence-corrected chi connectivity index (χ2v) is 7.48. The molecule has 1 saturated heterocycles. The number of carbonyl (C=O) groups excluding carboxylic acids is 1. The van der Waals surface area contributed by atoms with Crippen molar-refractivity contribution in [1.29, 1.82) is 0 Å². The standard InChI is InChI=1S/C24H28N6O.HI/c1-25-24(27-15-14-26-22-13-10-19-5-2-3-6-21(19)29-22)28-17-18-8-11-20(12-9-18)30-16-4-7-23(30)31;/h2-3,5-6,8-13H,4,7,14-17H2,1H3,(H,26,29)(H2,25,27,28);1H. The zero-order valence-corrected chi connectivity index (χ0v) is 20.5. The molecule has 1 fully saturated rings. The minimum absolute atomic E-state index is 0. The number of fused-ring (bicyclic) bond motifs is 1. The zero-order chi connectivity index (χ0) is 21.5. The molecule has 0 radical (unpaired) electrons. The highest BCUT2D eigenvalue weighted by atomic mass is 127. The third kappa shape index (κ3) is 6.09. The summed E-state index contributed by atoms with van der Waals surface area (Å²) in [5.74, 6) is 1.81. The van der Waals surface area contributed by atoms with Crippen molar-refractivity contribution >= 4 is 58.3 Å². The Morgan fingerprint density at radius 1 is 1.03 bits per heavy atom. The Hall–Kier alpha value is -2.88. The van der Waals surface area contributed by atoms with Gasteiger partial charge in [0.05, 0.1) is 5.52 Å². The summed E-state index contributed by atoms with van der Waals surface area (Å²) in [5, 5.41) is 11.1. The number of pyridine rings is 1. The van der Waals surface area contributed by atoms with Crippen molar-refractivity contribution < 1.29 is 4.79 Å². The number of nitrogens with zero attached hydrogens (tertiary/aromatic N) is 3. The van der Waals surface area contributed by atoms with E-state index in [0.717, 1.165) is 53.4 Å². The van der Waals surface area contributed by atoms with Crippen LogP contribution in [0.25, 0.3) is 10.9 Å². The number of halogens is 1. The molecule has 8 heteroatoms. The number of aliphatic imine (C=N–C) groups is 1. The van der Waals surface area contributed by atoms with E-state index in [1.165, 1.54) is 0 Å². The Balaban J connectivity index is 0.00000289. The summed E-state index contributed by atoms with van der Waals surface area (Å²) >= 11 is 0. The summed E-state index contributed by atoms with van der Waals surface area (Å²) in [4.78, 5) is 22.6. The lowest BCUT2D eigenvalue weighted by atomic mass is 10.2. The molecule has 0 atom stereocenters. The predicted octanol–water partition coefficient (Wildman–Crippen LogP) is 3.76. The number of hydrogen-bond acceptors (Lipinski definition) is 4. The molecule has 4 rings (SSSR count). The normalized spacial score (nSPS) is 13.7. The van der Waals surface area contributed by atoms with Gasteiger partial charge in [-0.25, -0.2) is 4.98 Å². The summed E-state index contributed by atoms with van der Waals surface area (Å²) < 4.78 is 0. The van der Waals surface area contributed by atoms with E-state index in [2.05, 4.69) is 38.1 Å². The molecule has 3 N–H and O–H groups in total. The van der Waals surface area contributed by atoms with Gasteiger partial charge >= 0.3 is 0 Å². The van der Waals surface area contributed by atoms with Gasteiger partial charge in [0.1, 0.15) is 5.82 Å². The fourth-order valence-electron chi connectivity index (χ4n) is 3.66. The number of rotatable bonds is 7. The molecule has 2 heterocycles. The predicted molar refractivity (Wildman–Crippen MR) is 142 cm³/mol. The molecule has 0 aliphatic carbocycles. The summed E-state index contributed by atoms with van der Waals surface area (Å²) in [5.41, 5.74) is 3.09. The minimum Gasteiger partial charge on any atom is -0.368 e. The molecule has 1 aliphatic heterocycles. The Labute approximate surface area is 205 Å². The topological polar surface area (TPSA) is 81.7 Å². The summed E-state index contributed by atoms with van der Waals surface area (Å²) in [6.07, 6.45) is 1.59. The maximum Gasteiger partial charge on any atom is 0.227 e. The van der Waals surface area contributed by atoms with Crippen LogP contribution in [-0.4, -0.2) is 43.5 Å². The van der Waals surface area contributed by atoms with E-state index in [4.69, 9.17) is 0 Å². The van der Waals surface area contributed by atoms with Crippen LogP contribution in [0.5, 0.6) is 0 Å². The Bertz CT molecular complexity index is 1070. The highest BCUT2D eigenvalue weighted by Gasteiger charge is 2.21. The van der Waals surface area contributed by atoms with Crippen molar-refractivity contribution in [3.05, 3.63) is 66.2 Å². The number of anilines is 2. The second kappa shape index (κ2) is 11.7. The van der Waals surface area contributed by atoms with Crippen LogP contribution < -0.4 is 20.9 Å². The van der Waals surface area contributed by atoms with Gasteiger partial charge in [0.15, 0.2) is 5.96 Å². The average molecular weight is 544 g/mol. The monoisotopic (exact) mass is 544 g/mol. The van der Waals surface area contributed by atoms with Gasteiger partial charge in [-0.2, -0.15) is 0 Å². The van der Waals surface area contributed by atoms with Crippen molar-refractivity contribution in [2.45, 2.75) is 19.4 Å². The number of benzene rings is 2. The average Bonchev–Trinajstić information content (AvgIpc) is 3.24. The molecule has 0 unspecified atom stereocenters. The Morgan fingerprint density at radius 3 is 2.59 bits per heavy atom. The highest BCUT2D eigenvalue weighted by Crippen LogP contribution is 2.21. The van der Waals surface area contributed by atoms with E-state index in [-0.39, 0.29) is 29.9 Å². The first-order chi connectivity index (χ1) is 15.2. The molecule has 168 valence electrons. The van der Waals surface area contributed by atoms with E-state index in [1.54, 1.807) is 7.05 Å². The van der Waals surface area contributed by atoms with Crippen LogP contribution in [0.4, 0.5) is 11.5 Å². The first-order valence-electron chi connectivity index (χ1n) is 10.7. The number of amides is 1. The largest absolute Gasteiger partial charge is 0.368 e. The zero-order valence-electron chi connectivity index (χ0n) is 18.2. The smallest absolute Gasteiger partial charge is 0.227 e. The molecular formula is C24H29IN6O. The molecule has 7 nitrogen and oxygen atoms in total. The van der Waals surface area contributed by atoms with Gasteiger partial charge in [-0.15, -0.1) is 24.0 Å². The second-order valence-electron chi connectivity index (χ2n) is 7.48. The quantitative estimate of drug-likeness (QED) is 0.183. The minimum atomic E-state index is 0. The molecule has 1 aromatic heterocycles. The molecule has 1 amide bonds. The van der Waals surface area contributed by atoms with Crippen LogP contribution in [0.1, 0.15) is 18.4 Å². The molecule has 3 aromatic rings. The number of carbonyl (C=O) groups is 1. The van der Waals surface area contributed by atoms with Crippen LogP contribution in [-0.2, 0) is 11.3 Å². The van der Waals surface area contributed by atoms with Gasteiger partial charge in [-0.05, 0) is 42.3 Å². The van der Waals surface area contributed by atoms with Crippen LogP contribution in [0.2, 0.25) is 0 Å². The van der Waals surface area contributed by atoms with E-state index in [1.807, 2.05) is 53.4 Å². The van der Waals surface area contributed by atoms with Crippen LogP contribution in [0.15, 0.2) is 65.7 Å². The first kappa shape index (κ1) is 23.8. The lowest BCUT2D eigenvalue weighted by Gasteiger charge is -2.16. The molecule has 0 spiro atoms. The van der Waals surface area contributed by atoms with Gasteiger partial charge in [-0.3, -0.25) is 9.79 Å². The van der Waals surface area contributed by atoms with Gasteiger partial charge in [0.25, 0.3) is 0 Å². The van der Waals surface area contributed by atoms with Gasteiger partial charge in [-0.1, -0.05) is 30.3 Å². The number of hydrogen-bond donors (Lipinski definition) is 3. The SMILES string of the molecule is CN=C(NCCNc1ccc2ccccc2n1)NCc1ccc(N2CCCC2=O)cc1.I. The van der Waals surface area contributed by atoms with E-state index in [9.17, 15) is 4.79 Å². The van der Waals surface area contributed by atoms with Crippen LogP contribution in [0, 0.1) is 0 Å². The van der Waals surface area contributed by atoms with E-state index in [0.29, 0.717) is 19.5 Å². The molecule has 2 aromatic carbocycles. The lowest BCUT2D eigenvalue weighted by Crippen LogP contribution is -2.39. The number of para-hydroxylation sites is 1. The Kier molecular flexibility index (Phi) is 8.66. The van der Waals surface area contributed by atoms with E-state index >= 15 is 0 Å². The third-order valence-electron chi connectivity index (χ3n) is 5.33. The van der Waals surface area contributed by atoms with Crippen molar-refractivity contribution in [1.82, 2.24) is 15.6 Å². The molecular weight excluding hydrogens is 515 g/mol. The highest BCUT2D eigenvalue weighted by molar-refractivity contribution is 14.0. The van der Waals surface area contributed by atoms with Crippen molar-refractivity contribution in [2.24, 2.45) is 4.99 Å². The maximum absolute atomic E-state index is 11.9. The molecule has 1 aliphatic rings.